The van der Waals surface area contributed by atoms with Crippen LogP contribution in [0.5, 0.6) is 0 Å². The fourth-order valence-electron chi connectivity index (χ4n) is 3.01. The Labute approximate surface area is 145 Å². The molecule has 2 heterocycles. The predicted molar refractivity (Wildman–Crippen MR) is 91.2 cm³/mol. The molecule has 0 radical (unpaired) electrons. The minimum absolute atomic E-state index is 0.295. The molecule has 5 nitrogen and oxygen atoms in total. The van der Waals surface area contributed by atoms with Gasteiger partial charge in [0.1, 0.15) is 5.82 Å². The van der Waals surface area contributed by atoms with Gasteiger partial charge in [0.15, 0.2) is 0 Å². The standard InChI is InChI=1S/C18H22F2N4O/c19-15-5-3-14(4-6-15)16(25)2-1-9-23-10-12-24(13-11-23)18-21-8-7-17(20)22-18/h3-8,16,25H,1-2,9-13H2/t16-/m0/s1. The van der Waals surface area contributed by atoms with Crippen LogP contribution in [-0.4, -0.2) is 52.7 Å². The molecule has 1 N–H and O–H groups in total. The van der Waals surface area contributed by atoms with Crippen LogP contribution < -0.4 is 4.90 Å². The number of hydrogen-bond acceptors (Lipinski definition) is 5. The van der Waals surface area contributed by atoms with Crippen LogP contribution in [0.15, 0.2) is 36.5 Å². The van der Waals surface area contributed by atoms with Crippen molar-refractivity contribution in [3.05, 3.63) is 53.9 Å². The van der Waals surface area contributed by atoms with Crippen LogP contribution in [0, 0.1) is 11.8 Å². The van der Waals surface area contributed by atoms with Gasteiger partial charge in [-0.25, -0.2) is 9.37 Å². The second kappa shape index (κ2) is 8.31. The molecule has 0 spiro atoms. The van der Waals surface area contributed by atoms with Gasteiger partial charge in [0.05, 0.1) is 6.10 Å². The average Bonchev–Trinajstić information content (AvgIpc) is 2.63. The van der Waals surface area contributed by atoms with Crippen molar-refractivity contribution in [1.82, 2.24) is 14.9 Å². The van der Waals surface area contributed by atoms with Crippen molar-refractivity contribution in [2.45, 2.75) is 18.9 Å². The van der Waals surface area contributed by atoms with Gasteiger partial charge in [-0.1, -0.05) is 12.1 Å². The van der Waals surface area contributed by atoms with Gasteiger partial charge in [-0.2, -0.15) is 9.37 Å². The highest BCUT2D eigenvalue weighted by molar-refractivity contribution is 5.29. The summed E-state index contributed by atoms with van der Waals surface area (Å²) in [7, 11) is 0. The highest BCUT2D eigenvalue weighted by Gasteiger charge is 2.19. The van der Waals surface area contributed by atoms with Crippen LogP contribution in [0.3, 0.4) is 0 Å². The third-order valence-corrected chi connectivity index (χ3v) is 4.47. The highest BCUT2D eigenvalue weighted by Crippen LogP contribution is 2.19. The first kappa shape index (κ1) is 17.7. The van der Waals surface area contributed by atoms with E-state index in [1.807, 2.05) is 4.90 Å². The number of piperazine rings is 1. The van der Waals surface area contributed by atoms with Crippen molar-refractivity contribution in [1.29, 1.82) is 0 Å². The summed E-state index contributed by atoms with van der Waals surface area (Å²) >= 11 is 0. The predicted octanol–water partition coefficient (Wildman–Crippen LogP) is 2.39. The average molecular weight is 348 g/mol. The smallest absolute Gasteiger partial charge is 0.228 e. The quantitative estimate of drug-likeness (QED) is 0.813. The number of aromatic nitrogens is 2. The van der Waals surface area contributed by atoms with E-state index < -0.39 is 12.1 Å². The molecule has 0 amide bonds. The largest absolute Gasteiger partial charge is 0.388 e. The number of aliphatic hydroxyl groups excluding tert-OH is 1. The van der Waals surface area contributed by atoms with Gasteiger partial charge in [0.2, 0.25) is 11.9 Å². The Morgan fingerprint density at radius 1 is 1.04 bits per heavy atom. The van der Waals surface area contributed by atoms with Crippen LogP contribution in [0.4, 0.5) is 14.7 Å². The Balaban J connectivity index is 1.40. The zero-order valence-electron chi connectivity index (χ0n) is 14.0. The Hall–Kier alpha value is -2.12. The summed E-state index contributed by atoms with van der Waals surface area (Å²) in [6.45, 7) is 4.10. The maximum Gasteiger partial charge on any atom is 0.228 e. The summed E-state index contributed by atoms with van der Waals surface area (Å²) in [6, 6.07) is 7.22. The van der Waals surface area contributed by atoms with Gasteiger partial charge in [0, 0.05) is 38.4 Å². The van der Waals surface area contributed by atoms with Crippen LogP contribution in [0.25, 0.3) is 0 Å². The lowest BCUT2D eigenvalue weighted by atomic mass is 10.0. The lowest BCUT2D eigenvalue weighted by Gasteiger charge is -2.34. The van der Waals surface area contributed by atoms with Gasteiger partial charge >= 0.3 is 0 Å². The molecule has 3 rings (SSSR count). The van der Waals surface area contributed by atoms with E-state index in [9.17, 15) is 13.9 Å². The second-order valence-electron chi connectivity index (χ2n) is 6.22. The van der Waals surface area contributed by atoms with Crippen LogP contribution in [-0.2, 0) is 0 Å². The molecule has 25 heavy (non-hydrogen) atoms. The zero-order valence-corrected chi connectivity index (χ0v) is 14.0. The molecule has 1 saturated heterocycles. The van der Waals surface area contributed by atoms with Gasteiger partial charge < -0.3 is 10.0 Å². The van der Waals surface area contributed by atoms with Crippen LogP contribution in [0.2, 0.25) is 0 Å². The minimum atomic E-state index is -0.567. The van der Waals surface area contributed by atoms with Crippen molar-refractivity contribution < 1.29 is 13.9 Å². The first-order valence-corrected chi connectivity index (χ1v) is 8.51. The molecular formula is C18H22F2N4O. The van der Waals surface area contributed by atoms with Crippen LogP contribution in [0.1, 0.15) is 24.5 Å². The molecule has 0 aliphatic carbocycles. The van der Waals surface area contributed by atoms with E-state index in [1.165, 1.54) is 24.4 Å². The Morgan fingerprint density at radius 3 is 2.44 bits per heavy atom. The molecule has 0 unspecified atom stereocenters. The fourth-order valence-corrected chi connectivity index (χ4v) is 3.01. The summed E-state index contributed by atoms with van der Waals surface area (Å²) in [5.41, 5.74) is 0.745. The Bertz CT molecular complexity index is 675. The Morgan fingerprint density at radius 2 is 1.76 bits per heavy atom. The fraction of sp³-hybridized carbons (Fsp3) is 0.444. The number of hydrogen-bond donors (Lipinski definition) is 1. The van der Waals surface area contributed by atoms with Crippen molar-refractivity contribution in [3.63, 3.8) is 0 Å². The van der Waals surface area contributed by atoms with E-state index in [0.717, 1.165) is 44.7 Å². The molecule has 7 heteroatoms. The molecule has 1 aromatic carbocycles. The van der Waals surface area contributed by atoms with Gasteiger partial charge in [-0.15, -0.1) is 0 Å². The molecule has 134 valence electrons. The minimum Gasteiger partial charge on any atom is -0.388 e. The van der Waals surface area contributed by atoms with Gasteiger partial charge in [-0.3, -0.25) is 4.90 Å². The SMILES string of the molecule is O[C@@H](CCCN1CCN(c2nccc(F)n2)CC1)c1ccc(F)cc1. The summed E-state index contributed by atoms with van der Waals surface area (Å²) < 4.78 is 26.1. The summed E-state index contributed by atoms with van der Waals surface area (Å²) in [5.74, 6) is -0.371. The van der Waals surface area contributed by atoms with E-state index in [1.54, 1.807) is 12.1 Å². The van der Waals surface area contributed by atoms with E-state index in [-0.39, 0.29) is 5.82 Å². The highest BCUT2D eigenvalue weighted by atomic mass is 19.1. The third kappa shape index (κ3) is 4.93. The lowest BCUT2D eigenvalue weighted by molar-refractivity contribution is 0.154. The first-order valence-electron chi connectivity index (χ1n) is 8.51. The van der Waals surface area contributed by atoms with Crippen molar-refractivity contribution in [2.24, 2.45) is 0 Å². The Kier molecular flexibility index (Phi) is 5.88. The molecule has 1 fully saturated rings. The molecule has 2 aromatic rings. The van der Waals surface area contributed by atoms with Crippen molar-refractivity contribution in [3.8, 4) is 0 Å². The maximum atomic E-state index is 13.2. The van der Waals surface area contributed by atoms with E-state index in [0.29, 0.717) is 12.4 Å². The third-order valence-electron chi connectivity index (χ3n) is 4.47. The normalized spacial score (nSPS) is 16.8. The molecule has 1 atom stereocenters. The molecule has 0 saturated carbocycles. The number of nitrogens with zero attached hydrogens (tertiary/aromatic N) is 4. The van der Waals surface area contributed by atoms with Crippen molar-refractivity contribution in [2.75, 3.05) is 37.6 Å². The number of aliphatic hydroxyl groups is 1. The summed E-state index contributed by atoms with van der Waals surface area (Å²) in [6.07, 6.45) is 2.36. The molecule has 1 aliphatic rings. The number of benzene rings is 1. The van der Waals surface area contributed by atoms with Crippen molar-refractivity contribution >= 4 is 5.95 Å². The zero-order chi connectivity index (χ0) is 17.6. The number of anilines is 1. The lowest BCUT2D eigenvalue weighted by Crippen LogP contribution is -2.47. The number of rotatable bonds is 6. The van der Waals surface area contributed by atoms with E-state index >= 15 is 0 Å². The monoisotopic (exact) mass is 348 g/mol. The summed E-state index contributed by atoms with van der Waals surface area (Å²) in [4.78, 5) is 12.2. The first-order chi connectivity index (χ1) is 12.1. The maximum absolute atomic E-state index is 13.2. The van der Waals surface area contributed by atoms with E-state index in [2.05, 4.69) is 14.9 Å². The van der Waals surface area contributed by atoms with Gasteiger partial charge in [-0.05, 0) is 37.1 Å². The second-order valence-corrected chi connectivity index (χ2v) is 6.22. The molecule has 0 bridgehead atoms. The molecule has 1 aromatic heterocycles. The topological polar surface area (TPSA) is 52.5 Å². The molecular weight excluding hydrogens is 326 g/mol. The summed E-state index contributed by atoms with van der Waals surface area (Å²) in [5, 5.41) is 10.2. The van der Waals surface area contributed by atoms with Crippen LogP contribution >= 0.6 is 0 Å². The van der Waals surface area contributed by atoms with Gasteiger partial charge in [0.25, 0.3) is 0 Å². The number of halogens is 2. The molecule has 1 aliphatic heterocycles. The van der Waals surface area contributed by atoms with E-state index in [4.69, 9.17) is 0 Å².